The van der Waals surface area contributed by atoms with Gasteiger partial charge in [-0.05, 0) is 52.8 Å². The van der Waals surface area contributed by atoms with Gasteiger partial charge in [-0.25, -0.2) is 9.71 Å². The summed E-state index contributed by atoms with van der Waals surface area (Å²) in [5.41, 5.74) is 7.59. The first kappa shape index (κ1) is 21.2. The number of rotatable bonds is 4. The molecule has 5 rings (SSSR count). The number of hydrogen-bond donors (Lipinski definition) is 2. The molecule has 0 bridgehead atoms. The largest absolute Gasteiger partial charge is 0.312 e. The smallest absolute Gasteiger partial charge is 0.303 e. The highest BCUT2D eigenvalue weighted by molar-refractivity contribution is 7.90. The number of nitrogens with one attached hydrogen (secondary N) is 2. The average molecular weight is 464 g/mol. The van der Waals surface area contributed by atoms with Gasteiger partial charge >= 0.3 is 10.2 Å². The van der Waals surface area contributed by atoms with Crippen LogP contribution < -0.4 is 10.0 Å². The molecule has 2 aromatic carbocycles. The Morgan fingerprint density at radius 1 is 1.03 bits per heavy atom. The van der Waals surface area contributed by atoms with Gasteiger partial charge in [0.05, 0.1) is 0 Å². The topological polar surface area (TPSA) is 87.2 Å². The summed E-state index contributed by atoms with van der Waals surface area (Å²) in [6.07, 6.45) is 3.04. The van der Waals surface area contributed by atoms with E-state index in [4.69, 9.17) is 0 Å². The van der Waals surface area contributed by atoms with Gasteiger partial charge in [-0.3, -0.25) is 0 Å². The molecule has 3 aromatic rings. The molecule has 0 amide bonds. The molecule has 2 aliphatic heterocycles. The van der Waals surface area contributed by atoms with Crippen molar-refractivity contribution >= 4 is 39.3 Å². The molecule has 30 heavy (non-hydrogen) atoms. The number of benzene rings is 2. The van der Waals surface area contributed by atoms with E-state index >= 15 is 0 Å². The lowest BCUT2D eigenvalue weighted by molar-refractivity contribution is 0.395. The highest BCUT2D eigenvalue weighted by atomic mass is 35.5. The molecule has 0 aliphatic carbocycles. The second-order valence-corrected chi connectivity index (χ2v) is 9.70. The maximum atomic E-state index is 12.8. The summed E-state index contributed by atoms with van der Waals surface area (Å²) in [7, 11) is -3.66. The van der Waals surface area contributed by atoms with Crippen LogP contribution >= 0.6 is 23.9 Å². The first-order valence-corrected chi connectivity index (χ1v) is 11.8. The molecule has 0 saturated carbocycles. The van der Waals surface area contributed by atoms with Crippen LogP contribution in [0.2, 0.25) is 0 Å². The monoisotopic (exact) mass is 463 g/mol. The number of aromatic nitrogens is 2. The molecule has 0 saturated heterocycles. The van der Waals surface area contributed by atoms with Crippen LogP contribution in [0, 0.1) is 0 Å². The number of nitrogens with zero attached hydrogens (tertiary/aromatic N) is 3. The predicted octanol–water partition coefficient (Wildman–Crippen LogP) is 2.99. The molecule has 2 aliphatic rings. The first-order chi connectivity index (χ1) is 14.1. The lowest BCUT2D eigenvalue weighted by Crippen LogP contribution is -2.39. The van der Waals surface area contributed by atoms with Crippen molar-refractivity contribution in [2.75, 3.05) is 17.8 Å². The van der Waals surface area contributed by atoms with E-state index in [9.17, 15) is 8.42 Å². The third-order valence-corrected chi connectivity index (χ3v) is 7.73. The lowest BCUT2D eigenvalue weighted by Gasteiger charge is -2.30. The number of anilines is 1. The molecule has 158 valence electrons. The van der Waals surface area contributed by atoms with E-state index in [0.717, 1.165) is 36.6 Å². The first-order valence-electron chi connectivity index (χ1n) is 9.59. The summed E-state index contributed by atoms with van der Waals surface area (Å²) in [4.78, 5) is 3.92. The normalized spacial score (nSPS) is 16.3. The molecule has 0 atom stereocenters. The molecule has 7 nitrogen and oxygen atoms in total. The molecule has 1 aromatic heterocycles. The van der Waals surface area contributed by atoms with Crippen molar-refractivity contribution in [1.82, 2.24) is 19.0 Å². The highest BCUT2D eigenvalue weighted by Gasteiger charge is 2.29. The van der Waals surface area contributed by atoms with Gasteiger partial charge in [0.15, 0.2) is 0 Å². The van der Waals surface area contributed by atoms with E-state index in [0.29, 0.717) is 19.5 Å². The molecule has 3 heterocycles. The maximum Gasteiger partial charge on any atom is 0.303 e. The van der Waals surface area contributed by atoms with Gasteiger partial charge in [0, 0.05) is 31.2 Å². The Balaban J connectivity index is 0.00000218. The van der Waals surface area contributed by atoms with Gasteiger partial charge in [-0.2, -0.15) is 17.1 Å². The van der Waals surface area contributed by atoms with Crippen molar-refractivity contribution in [1.29, 1.82) is 0 Å². The van der Waals surface area contributed by atoms with Crippen LogP contribution in [0.15, 0.2) is 42.7 Å². The summed E-state index contributed by atoms with van der Waals surface area (Å²) in [5, 5.41) is 3.72. The standard InChI is InChI=1S/C20H21N5O2S2.ClH/c26-29(27,24-20-22-13-23-28-20)25-10-8-17-15(12-25)4-2-6-19(17)18-5-1-3-14-11-21-9-7-16(14)18;/h1-6,13,21H,7-12H2,(H,22,23,24);1H. The van der Waals surface area contributed by atoms with Gasteiger partial charge in [0.1, 0.15) is 6.33 Å². The zero-order chi connectivity index (χ0) is 19.8. The van der Waals surface area contributed by atoms with E-state index in [-0.39, 0.29) is 17.5 Å². The molecule has 0 radical (unpaired) electrons. The zero-order valence-corrected chi connectivity index (χ0v) is 18.6. The summed E-state index contributed by atoms with van der Waals surface area (Å²) >= 11 is 1.03. The van der Waals surface area contributed by atoms with E-state index < -0.39 is 10.2 Å². The third-order valence-electron chi connectivity index (χ3n) is 5.58. The van der Waals surface area contributed by atoms with Crippen molar-refractivity contribution in [3.8, 4) is 11.1 Å². The minimum atomic E-state index is -3.66. The number of fused-ring (bicyclic) bond motifs is 2. The Bertz CT molecular complexity index is 1150. The SMILES string of the molecule is Cl.O=S(=O)(Nc1ncns1)N1CCc2c(cccc2-c2cccc3c2CCNC3)C1. The fourth-order valence-corrected chi connectivity index (χ4v) is 6.01. The van der Waals surface area contributed by atoms with Gasteiger partial charge in [0.25, 0.3) is 0 Å². The Hall–Kier alpha value is -2.04. The van der Waals surface area contributed by atoms with Crippen LogP contribution in [0.4, 0.5) is 5.13 Å². The Kier molecular flexibility index (Phi) is 6.08. The lowest BCUT2D eigenvalue weighted by atomic mass is 9.86. The molecule has 10 heteroatoms. The second kappa shape index (κ2) is 8.60. The minimum absolute atomic E-state index is 0. The number of hydrogen-bond acceptors (Lipinski definition) is 6. The van der Waals surface area contributed by atoms with Crippen molar-refractivity contribution in [2.45, 2.75) is 25.9 Å². The second-order valence-electron chi connectivity index (χ2n) is 7.25. The molecule has 0 fully saturated rings. The quantitative estimate of drug-likeness (QED) is 0.621. The van der Waals surface area contributed by atoms with Crippen LogP contribution in [-0.4, -0.2) is 35.2 Å². The van der Waals surface area contributed by atoms with Crippen LogP contribution in [0.25, 0.3) is 11.1 Å². The fraction of sp³-hybridized carbons (Fsp3) is 0.300. The molecule has 2 N–H and O–H groups in total. The molecule has 0 spiro atoms. The van der Waals surface area contributed by atoms with E-state index in [1.54, 1.807) is 0 Å². The Labute approximate surface area is 186 Å². The van der Waals surface area contributed by atoms with E-state index in [1.807, 2.05) is 12.1 Å². The molecule has 0 unspecified atom stereocenters. The highest BCUT2D eigenvalue weighted by Crippen LogP contribution is 2.35. The van der Waals surface area contributed by atoms with Crippen molar-refractivity contribution < 1.29 is 8.42 Å². The van der Waals surface area contributed by atoms with Gasteiger partial charge in [-0.15, -0.1) is 12.4 Å². The Morgan fingerprint density at radius 3 is 2.50 bits per heavy atom. The molecular weight excluding hydrogens is 442 g/mol. The zero-order valence-electron chi connectivity index (χ0n) is 16.2. The van der Waals surface area contributed by atoms with Gasteiger partial charge in [-0.1, -0.05) is 36.4 Å². The van der Waals surface area contributed by atoms with Crippen LogP contribution in [0.3, 0.4) is 0 Å². The molecular formula is C20H22ClN5O2S2. The van der Waals surface area contributed by atoms with E-state index in [1.165, 1.54) is 38.4 Å². The fourth-order valence-electron chi connectivity index (χ4n) is 4.22. The van der Waals surface area contributed by atoms with Crippen LogP contribution in [-0.2, 0) is 36.1 Å². The van der Waals surface area contributed by atoms with Crippen LogP contribution in [0.5, 0.6) is 0 Å². The summed E-state index contributed by atoms with van der Waals surface area (Å²) in [6.45, 7) is 2.69. The van der Waals surface area contributed by atoms with Crippen molar-refractivity contribution in [3.63, 3.8) is 0 Å². The number of halogens is 1. The van der Waals surface area contributed by atoms with Crippen molar-refractivity contribution in [2.24, 2.45) is 0 Å². The maximum absolute atomic E-state index is 12.8. The van der Waals surface area contributed by atoms with Gasteiger partial charge in [0.2, 0.25) is 5.13 Å². The summed E-state index contributed by atoms with van der Waals surface area (Å²) < 4.78 is 33.4. The van der Waals surface area contributed by atoms with Crippen molar-refractivity contribution in [3.05, 3.63) is 65.0 Å². The predicted molar refractivity (Wildman–Crippen MR) is 121 cm³/mol. The minimum Gasteiger partial charge on any atom is -0.312 e. The van der Waals surface area contributed by atoms with Gasteiger partial charge < -0.3 is 5.32 Å². The van der Waals surface area contributed by atoms with Crippen LogP contribution in [0.1, 0.15) is 22.3 Å². The average Bonchev–Trinajstić information content (AvgIpc) is 3.25. The van der Waals surface area contributed by atoms with E-state index in [2.05, 4.69) is 43.7 Å². The summed E-state index contributed by atoms with van der Waals surface area (Å²) in [5.74, 6) is 0. The third kappa shape index (κ3) is 3.95. The Morgan fingerprint density at radius 2 is 1.77 bits per heavy atom. The summed E-state index contributed by atoms with van der Waals surface area (Å²) in [6, 6.07) is 12.7.